The minimum absolute atomic E-state index is 0.284. The molecule has 94 valence electrons. The Morgan fingerprint density at radius 3 is 2.12 bits per heavy atom. The van der Waals surface area contributed by atoms with E-state index in [0.717, 1.165) is 0 Å². The van der Waals surface area contributed by atoms with Gasteiger partial charge in [0.1, 0.15) is 6.04 Å². The maximum atomic E-state index is 11.3. The highest BCUT2D eigenvalue weighted by molar-refractivity contribution is 7.88. The highest BCUT2D eigenvalue weighted by Crippen LogP contribution is 2.09. The van der Waals surface area contributed by atoms with Crippen molar-refractivity contribution in [1.29, 1.82) is 0 Å². The van der Waals surface area contributed by atoms with Gasteiger partial charge in [-0.2, -0.15) is 4.31 Å². The number of hydrogen-bond donors (Lipinski definition) is 0. The molecule has 1 heterocycles. The lowest BCUT2D eigenvalue weighted by molar-refractivity contribution is -0.146. The molecule has 7 heteroatoms. The largest absolute Gasteiger partial charge is 0.468 e. The fraction of sp³-hybridized carbons (Fsp3) is 0.889. The Morgan fingerprint density at radius 2 is 1.75 bits per heavy atom. The molecule has 0 radical (unpaired) electrons. The summed E-state index contributed by atoms with van der Waals surface area (Å²) in [5.74, 6) is -0.284. The summed E-state index contributed by atoms with van der Waals surface area (Å²) in [6, 6.07) is -0.313. The van der Waals surface area contributed by atoms with E-state index in [1.54, 1.807) is 6.92 Å². The van der Waals surface area contributed by atoms with Crippen molar-refractivity contribution in [2.45, 2.75) is 13.0 Å². The summed E-state index contributed by atoms with van der Waals surface area (Å²) in [5.41, 5.74) is 0. The van der Waals surface area contributed by atoms with Crippen molar-refractivity contribution in [3.05, 3.63) is 0 Å². The number of nitrogens with zero attached hydrogens (tertiary/aromatic N) is 2. The molecule has 1 rings (SSSR count). The van der Waals surface area contributed by atoms with Gasteiger partial charge in [0.05, 0.1) is 13.4 Å². The van der Waals surface area contributed by atoms with Crippen LogP contribution in [0.1, 0.15) is 6.92 Å². The minimum atomic E-state index is -3.11. The summed E-state index contributed by atoms with van der Waals surface area (Å²) in [6.07, 6.45) is 1.20. The van der Waals surface area contributed by atoms with Crippen LogP contribution in [0.3, 0.4) is 0 Å². The van der Waals surface area contributed by atoms with E-state index in [1.165, 1.54) is 17.7 Å². The van der Waals surface area contributed by atoms with E-state index in [-0.39, 0.29) is 12.0 Å². The zero-order chi connectivity index (χ0) is 12.3. The quantitative estimate of drug-likeness (QED) is 0.609. The predicted molar refractivity (Wildman–Crippen MR) is 59.5 cm³/mol. The third kappa shape index (κ3) is 3.16. The summed E-state index contributed by atoms with van der Waals surface area (Å²) in [4.78, 5) is 13.2. The van der Waals surface area contributed by atoms with Gasteiger partial charge >= 0.3 is 5.97 Å². The third-order valence-electron chi connectivity index (χ3n) is 2.83. The van der Waals surface area contributed by atoms with E-state index in [1.807, 2.05) is 4.90 Å². The number of sulfonamides is 1. The highest BCUT2D eigenvalue weighted by atomic mass is 32.2. The second kappa shape index (κ2) is 5.11. The van der Waals surface area contributed by atoms with Gasteiger partial charge in [0, 0.05) is 26.2 Å². The lowest BCUT2D eigenvalue weighted by Gasteiger charge is -2.35. The topological polar surface area (TPSA) is 66.9 Å². The van der Waals surface area contributed by atoms with Gasteiger partial charge in [0.25, 0.3) is 0 Å². The van der Waals surface area contributed by atoms with Gasteiger partial charge in [0.15, 0.2) is 0 Å². The molecule has 1 saturated heterocycles. The molecule has 0 N–H and O–H groups in total. The normalized spacial score (nSPS) is 21.7. The van der Waals surface area contributed by atoms with Gasteiger partial charge in [-0.05, 0) is 6.92 Å². The molecule has 0 saturated carbocycles. The average molecular weight is 250 g/mol. The first-order valence-corrected chi connectivity index (χ1v) is 6.98. The van der Waals surface area contributed by atoms with Crippen molar-refractivity contribution in [2.75, 3.05) is 39.5 Å². The van der Waals surface area contributed by atoms with Crippen LogP contribution in [-0.4, -0.2) is 69.2 Å². The molecule has 1 aliphatic rings. The Labute approximate surface area is 96.2 Å². The molecule has 16 heavy (non-hydrogen) atoms. The zero-order valence-electron chi connectivity index (χ0n) is 9.84. The molecule has 0 aliphatic carbocycles. The molecule has 0 spiro atoms. The molecule has 0 aromatic heterocycles. The van der Waals surface area contributed by atoms with Crippen LogP contribution in [0.25, 0.3) is 0 Å². The van der Waals surface area contributed by atoms with Gasteiger partial charge < -0.3 is 4.74 Å². The lowest BCUT2D eigenvalue weighted by Crippen LogP contribution is -2.53. The van der Waals surface area contributed by atoms with Crippen LogP contribution in [0.15, 0.2) is 0 Å². The number of hydrogen-bond acceptors (Lipinski definition) is 5. The van der Waals surface area contributed by atoms with Crippen molar-refractivity contribution in [3.63, 3.8) is 0 Å². The predicted octanol–water partition coefficient (Wildman–Crippen LogP) is -0.875. The summed E-state index contributed by atoms with van der Waals surface area (Å²) < 4.78 is 28.6. The van der Waals surface area contributed by atoms with Crippen molar-refractivity contribution in [1.82, 2.24) is 9.21 Å². The Hall–Kier alpha value is -0.660. The van der Waals surface area contributed by atoms with E-state index in [9.17, 15) is 13.2 Å². The minimum Gasteiger partial charge on any atom is -0.468 e. The van der Waals surface area contributed by atoms with E-state index >= 15 is 0 Å². The summed E-state index contributed by atoms with van der Waals surface area (Å²) >= 11 is 0. The van der Waals surface area contributed by atoms with Gasteiger partial charge in [-0.3, -0.25) is 9.69 Å². The smallest absolute Gasteiger partial charge is 0.322 e. The molecule has 6 nitrogen and oxygen atoms in total. The molecule has 0 aromatic carbocycles. The third-order valence-corrected chi connectivity index (χ3v) is 4.14. The van der Waals surface area contributed by atoms with Crippen molar-refractivity contribution in [2.24, 2.45) is 0 Å². The zero-order valence-corrected chi connectivity index (χ0v) is 10.7. The Bertz CT molecular complexity index is 347. The second-order valence-electron chi connectivity index (χ2n) is 3.90. The van der Waals surface area contributed by atoms with E-state index in [0.29, 0.717) is 26.2 Å². The van der Waals surface area contributed by atoms with Crippen LogP contribution in [-0.2, 0) is 19.6 Å². The molecular weight excluding hydrogens is 232 g/mol. The van der Waals surface area contributed by atoms with Gasteiger partial charge in [-0.25, -0.2) is 8.42 Å². The van der Waals surface area contributed by atoms with Gasteiger partial charge in [0.2, 0.25) is 10.0 Å². The number of carbonyl (C=O) groups excluding carboxylic acids is 1. The van der Waals surface area contributed by atoms with Crippen molar-refractivity contribution in [3.8, 4) is 0 Å². The lowest BCUT2D eigenvalue weighted by atomic mass is 10.2. The van der Waals surface area contributed by atoms with Gasteiger partial charge in [-0.1, -0.05) is 0 Å². The molecule has 0 amide bonds. The van der Waals surface area contributed by atoms with Gasteiger partial charge in [-0.15, -0.1) is 0 Å². The monoisotopic (exact) mass is 250 g/mol. The molecule has 1 aliphatic heterocycles. The van der Waals surface area contributed by atoms with E-state index < -0.39 is 10.0 Å². The summed E-state index contributed by atoms with van der Waals surface area (Å²) in [7, 11) is -1.76. The van der Waals surface area contributed by atoms with Crippen LogP contribution in [0.2, 0.25) is 0 Å². The number of rotatable bonds is 3. The van der Waals surface area contributed by atoms with E-state index in [2.05, 4.69) is 4.74 Å². The SMILES string of the molecule is COC(=O)C(C)N1CCN(S(C)(=O)=O)CC1. The van der Waals surface area contributed by atoms with Crippen LogP contribution in [0.5, 0.6) is 0 Å². The van der Waals surface area contributed by atoms with E-state index in [4.69, 9.17) is 0 Å². The maximum absolute atomic E-state index is 11.3. The van der Waals surface area contributed by atoms with Crippen LogP contribution >= 0.6 is 0 Å². The van der Waals surface area contributed by atoms with Crippen LogP contribution < -0.4 is 0 Å². The summed E-state index contributed by atoms with van der Waals surface area (Å²) in [6.45, 7) is 3.74. The number of esters is 1. The number of ether oxygens (including phenoxy) is 1. The Morgan fingerprint density at radius 1 is 1.25 bits per heavy atom. The summed E-state index contributed by atoms with van der Waals surface area (Å²) in [5, 5.41) is 0. The molecule has 0 aromatic rings. The average Bonchev–Trinajstić information content (AvgIpc) is 2.26. The number of methoxy groups -OCH3 is 1. The fourth-order valence-electron chi connectivity index (χ4n) is 1.74. The van der Waals surface area contributed by atoms with Crippen LogP contribution in [0.4, 0.5) is 0 Å². The molecule has 1 atom stereocenters. The highest BCUT2D eigenvalue weighted by Gasteiger charge is 2.28. The number of carbonyl (C=O) groups is 1. The molecule has 1 fully saturated rings. The first-order chi connectivity index (χ1) is 7.36. The Balaban J connectivity index is 2.52. The maximum Gasteiger partial charge on any atom is 0.322 e. The Kier molecular flexibility index (Phi) is 4.28. The first-order valence-electron chi connectivity index (χ1n) is 5.13. The molecule has 1 unspecified atom stereocenters. The number of piperazine rings is 1. The second-order valence-corrected chi connectivity index (χ2v) is 5.88. The molecular formula is C9H18N2O4S. The van der Waals surface area contributed by atoms with Crippen molar-refractivity contribution >= 4 is 16.0 Å². The molecule has 0 bridgehead atoms. The fourth-order valence-corrected chi connectivity index (χ4v) is 2.57. The van der Waals surface area contributed by atoms with Crippen molar-refractivity contribution < 1.29 is 17.9 Å². The van der Waals surface area contributed by atoms with Crippen LogP contribution in [0, 0.1) is 0 Å². The standard InChI is InChI=1S/C9H18N2O4S/c1-8(9(12)15-2)10-4-6-11(7-5-10)16(3,13)14/h8H,4-7H2,1-3H3. The first kappa shape index (κ1) is 13.4.